The maximum atomic E-state index is 10.7. The van der Waals surface area contributed by atoms with Gasteiger partial charge in [-0.2, -0.15) is 0 Å². The Balaban J connectivity index is 2.65. The summed E-state index contributed by atoms with van der Waals surface area (Å²) in [6.45, 7) is 2.01. The van der Waals surface area contributed by atoms with Crippen molar-refractivity contribution >= 4 is 16.7 Å². The quantitative estimate of drug-likeness (QED) is 0.810. The predicted molar refractivity (Wildman–Crippen MR) is 57.8 cm³/mol. The van der Waals surface area contributed by atoms with Crippen LogP contribution in [-0.2, 0) is 11.2 Å². The lowest BCUT2D eigenvalue weighted by Gasteiger charge is -2.05. The monoisotopic (exact) mass is 201 g/mol. The number of pyridine rings is 1. The number of aryl methyl sites for hydroxylation is 1. The van der Waals surface area contributed by atoms with Crippen molar-refractivity contribution in [2.24, 2.45) is 0 Å². The van der Waals surface area contributed by atoms with Crippen LogP contribution in [0.1, 0.15) is 11.3 Å². The molecule has 3 nitrogen and oxygen atoms in total. The maximum absolute atomic E-state index is 10.7. The van der Waals surface area contributed by atoms with E-state index >= 15 is 0 Å². The summed E-state index contributed by atoms with van der Waals surface area (Å²) < 4.78 is 0. The normalized spacial score (nSPS) is 10.5. The van der Waals surface area contributed by atoms with Crippen molar-refractivity contribution in [1.82, 2.24) is 4.98 Å². The Bertz CT molecular complexity index is 520. The second kappa shape index (κ2) is 3.69. The molecule has 0 radical (unpaired) electrons. The van der Waals surface area contributed by atoms with Gasteiger partial charge in [-0.15, -0.1) is 0 Å². The van der Waals surface area contributed by atoms with Gasteiger partial charge in [0.25, 0.3) is 0 Å². The molecule has 0 saturated carbocycles. The molecule has 1 aromatic heterocycles. The van der Waals surface area contributed by atoms with E-state index in [-0.39, 0.29) is 6.42 Å². The molecule has 0 unspecified atom stereocenters. The summed E-state index contributed by atoms with van der Waals surface area (Å²) in [6, 6.07) is 7.75. The Morgan fingerprint density at radius 3 is 2.87 bits per heavy atom. The van der Waals surface area contributed by atoms with Gasteiger partial charge in [-0.05, 0) is 23.9 Å². The van der Waals surface area contributed by atoms with Gasteiger partial charge < -0.3 is 5.11 Å². The van der Waals surface area contributed by atoms with Crippen LogP contribution in [-0.4, -0.2) is 16.1 Å². The molecule has 1 heterocycles. The van der Waals surface area contributed by atoms with Crippen molar-refractivity contribution in [3.05, 3.63) is 41.7 Å². The van der Waals surface area contributed by atoms with E-state index in [4.69, 9.17) is 5.11 Å². The van der Waals surface area contributed by atoms with Crippen LogP contribution in [0.3, 0.4) is 0 Å². The number of carboxylic acid groups (broad SMARTS) is 1. The first-order valence-electron chi connectivity index (χ1n) is 4.73. The number of hydrogen-bond donors (Lipinski definition) is 1. The van der Waals surface area contributed by atoms with E-state index in [1.54, 1.807) is 6.20 Å². The van der Waals surface area contributed by atoms with Gasteiger partial charge in [-0.3, -0.25) is 9.78 Å². The minimum Gasteiger partial charge on any atom is -0.481 e. The highest BCUT2D eigenvalue weighted by molar-refractivity contribution is 5.89. The Hall–Kier alpha value is -1.90. The zero-order valence-corrected chi connectivity index (χ0v) is 8.40. The van der Waals surface area contributed by atoms with Crippen molar-refractivity contribution in [1.29, 1.82) is 0 Å². The molecule has 0 atom stereocenters. The molecule has 0 aliphatic heterocycles. The highest BCUT2D eigenvalue weighted by Crippen LogP contribution is 2.20. The molecular weight excluding hydrogens is 190 g/mol. The molecule has 0 aliphatic rings. The fraction of sp³-hybridized carbons (Fsp3) is 0.167. The lowest BCUT2D eigenvalue weighted by molar-refractivity contribution is -0.136. The summed E-state index contributed by atoms with van der Waals surface area (Å²) in [4.78, 5) is 14.8. The predicted octanol–water partition coefficient (Wildman–Crippen LogP) is 2.17. The van der Waals surface area contributed by atoms with Crippen LogP contribution < -0.4 is 0 Å². The lowest BCUT2D eigenvalue weighted by Crippen LogP contribution is -2.02. The SMILES string of the molecule is Cc1cccc2c(CC(=O)O)nccc12. The van der Waals surface area contributed by atoms with Crippen LogP contribution in [0.15, 0.2) is 30.5 Å². The first-order chi connectivity index (χ1) is 7.18. The highest BCUT2D eigenvalue weighted by Gasteiger charge is 2.07. The van der Waals surface area contributed by atoms with E-state index in [1.165, 1.54) is 0 Å². The Morgan fingerprint density at radius 2 is 2.13 bits per heavy atom. The third kappa shape index (κ3) is 1.81. The Morgan fingerprint density at radius 1 is 1.33 bits per heavy atom. The number of fused-ring (bicyclic) bond motifs is 1. The summed E-state index contributed by atoms with van der Waals surface area (Å²) in [5.41, 5.74) is 1.77. The Labute approximate surface area is 87.4 Å². The van der Waals surface area contributed by atoms with E-state index in [9.17, 15) is 4.79 Å². The van der Waals surface area contributed by atoms with E-state index < -0.39 is 5.97 Å². The van der Waals surface area contributed by atoms with Crippen LogP contribution in [0.5, 0.6) is 0 Å². The molecular formula is C12H11NO2. The van der Waals surface area contributed by atoms with Crippen molar-refractivity contribution in [2.45, 2.75) is 13.3 Å². The molecule has 0 bridgehead atoms. The molecule has 2 rings (SSSR count). The van der Waals surface area contributed by atoms with Crippen LogP contribution in [0.25, 0.3) is 10.8 Å². The average molecular weight is 201 g/mol. The third-order valence-corrected chi connectivity index (χ3v) is 2.43. The molecule has 0 aliphatic carbocycles. The first kappa shape index (κ1) is 9.65. The molecule has 1 N–H and O–H groups in total. The van der Waals surface area contributed by atoms with E-state index in [1.807, 2.05) is 31.2 Å². The van der Waals surface area contributed by atoms with Gasteiger partial charge in [-0.25, -0.2) is 0 Å². The molecule has 2 aromatic rings. The third-order valence-electron chi connectivity index (χ3n) is 2.43. The van der Waals surface area contributed by atoms with E-state index in [0.717, 1.165) is 16.3 Å². The average Bonchev–Trinajstić information content (AvgIpc) is 2.19. The number of aromatic nitrogens is 1. The fourth-order valence-electron chi connectivity index (χ4n) is 1.71. The standard InChI is InChI=1S/C12H11NO2/c1-8-3-2-4-10-9(8)5-6-13-11(10)7-12(14)15/h2-6H,7H2,1H3,(H,14,15). The lowest BCUT2D eigenvalue weighted by atomic mass is 10.0. The van der Waals surface area contributed by atoms with Crippen molar-refractivity contribution in [3.63, 3.8) is 0 Å². The van der Waals surface area contributed by atoms with Gasteiger partial charge in [0.2, 0.25) is 0 Å². The molecule has 1 aromatic carbocycles. The van der Waals surface area contributed by atoms with Crippen molar-refractivity contribution in [2.75, 3.05) is 0 Å². The van der Waals surface area contributed by atoms with Gasteiger partial charge in [0.1, 0.15) is 0 Å². The van der Waals surface area contributed by atoms with Gasteiger partial charge in [0.15, 0.2) is 0 Å². The zero-order chi connectivity index (χ0) is 10.8. The molecule has 0 spiro atoms. The summed E-state index contributed by atoms with van der Waals surface area (Å²) >= 11 is 0. The number of carbonyl (C=O) groups is 1. The molecule has 0 fully saturated rings. The summed E-state index contributed by atoms with van der Waals surface area (Å²) in [7, 11) is 0. The number of benzene rings is 1. The molecule has 3 heteroatoms. The van der Waals surface area contributed by atoms with Gasteiger partial charge in [-0.1, -0.05) is 18.2 Å². The number of hydrogen-bond acceptors (Lipinski definition) is 2. The van der Waals surface area contributed by atoms with Gasteiger partial charge in [0, 0.05) is 11.6 Å². The first-order valence-corrected chi connectivity index (χ1v) is 4.73. The van der Waals surface area contributed by atoms with Crippen molar-refractivity contribution < 1.29 is 9.90 Å². The maximum Gasteiger partial charge on any atom is 0.309 e. The fourth-order valence-corrected chi connectivity index (χ4v) is 1.71. The number of rotatable bonds is 2. The van der Waals surface area contributed by atoms with E-state index in [2.05, 4.69) is 4.98 Å². The number of carboxylic acids is 1. The number of aliphatic carboxylic acids is 1. The zero-order valence-electron chi connectivity index (χ0n) is 8.40. The minimum atomic E-state index is -0.850. The summed E-state index contributed by atoms with van der Waals surface area (Å²) in [5.74, 6) is -0.850. The molecule has 0 amide bonds. The smallest absolute Gasteiger partial charge is 0.309 e. The van der Waals surface area contributed by atoms with Crippen LogP contribution in [0.2, 0.25) is 0 Å². The molecule has 0 saturated heterocycles. The Kier molecular flexibility index (Phi) is 2.37. The number of nitrogens with zero attached hydrogens (tertiary/aromatic N) is 1. The van der Waals surface area contributed by atoms with Gasteiger partial charge in [0.05, 0.1) is 12.1 Å². The van der Waals surface area contributed by atoms with E-state index in [0.29, 0.717) is 5.69 Å². The molecule has 76 valence electrons. The minimum absolute atomic E-state index is 0.0270. The van der Waals surface area contributed by atoms with Gasteiger partial charge >= 0.3 is 5.97 Å². The molecule has 15 heavy (non-hydrogen) atoms. The van der Waals surface area contributed by atoms with Crippen LogP contribution in [0, 0.1) is 6.92 Å². The second-order valence-corrected chi connectivity index (χ2v) is 3.50. The second-order valence-electron chi connectivity index (χ2n) is 3.50. The van der Waals surface area contributed by atoms with Crippen LogP contribution in [0.4, 0.5) is 0 Å². The summed E-state index contributed by atoms with van der Waals surface area (Å²) in [6.07, 6.45) is 1.63. The topological polar surface area (TPSA) is 50.2 Å². The highest BCUT2D eigenvalue weighted by atomic mass is 16.4. The van der Waals surface area contributed by atoms with Crippen molar-refractivity contribution in [3.8, 4) is 0 Å². The summed E-state index contributed by atoms with van der Waals surface area (Å²) in [5, 5.41) is 10.8. The largest absolute Gasteiger partial charge is 0.481 e. The van der Waals surface area contributed by atoms with Crippen LogP contribution >= 0.6 is 0 Å².